The predicted octanol–water partition coefficient (Wildman–Crippen LogP) is 3.82. The van der Waals surface area contributed by atoms with Crippen LogP contribution in [0.15, 0.2) is 60.7 Å². The van der Waals surface area contributed by atoms with Gasteiger partial charge < -0.3 is 30.0 Å². The molecule has 3 amide bonds. The summed E-state index contributed by atoms with van der Waals surface area (Å²) in [4.78, 5) is 66.3. The van der Waals surface area contributed by atoms with Crippen molar-refractivity contribution in [3.05, 3.63) is 71.8 Å². The van der Waals surface area contributed by atoms with Gasteiger partial charge in [-0.25, -0.2) is 9.59 Å². The van der Waals surface area contributed by atoms with Crippen molar-refractivity contribution in [2.75, 3.05) is 26.3 Å². The van der Waals surface area contributed by atoms with Gasteiger partial charge in [0.1, 0.15) is 12.6 Å². The largest absolute Gasteiger partial charge is 0.481 e. The minimum atomic E-state index is -1.15. The van der Waals surface area contributed by atoms with Crippen LogP contribution in [0.5, 0.6) is 0 Å². The van der Waals surface area contributed by atoms with Crippen LogP contribution in [0.1, 0.15) is 63.0 Å². The van der Waals surface area contributed by atoms with Crippen molar-refractivity contribution in [1.29, 1.82) is 0 Å². The molecular weight excluding hydrogens is 606 g/mol. The molecular formula is C35H45N3O9. The highest BCUT2D eigenvalue weighted by Crippen LogP contribution is 2.43. The first-order valence-corrected chi connectivity index (χ1v) is 16.3. The number of ether oxygens (including phenoxy) is 3. The van der Waals surface area contributed by atoms with E-state index >= 15 is 0 Å². The molecule has 0 unspecified atom stereocenters. The molecule has 1 heterocycles. The fourth-order valence-electron chi connectivity index (χ4n) is 6.29. The summed E-state index contributed by atoms with van der Waals surface area (Å²) < 4.78 is 16.4. The Morgan fingerprint density at radius 1 is 0.915 bits per heavy atom. The first-order chi connectivity index (χ1) is 22.7. The summed E-state index contributed by atoms with van der Waals surface area (Å²) in [7, 11) is 0. The molecule has 0 aromatic heterocycles. The number of carbonyl (C=O) groups excluding carboxylic acids is 4. The molecule has 1 aliphatic heterocycles. The number of nitrogens with zero attached hydrogens (tertiary/aromatic N) is 1. The highest BCUT2D eigenvalue weighted by Gasteiger charge is 2.46. The second-order valence-corrected chi connectivity index (χ2v) is 12.1. The predicted molar refractivity (Wildman–Crippen MR) is 171 cm³/mol. The molecule has 1 aliphatic carbocycles. The number of carboxylic acid groups (broad SMARTS) is 1. The minimum absolute atomic E-state index is 0.0254. The van der Waals surface area contributed by atoms with Crippen LogP contribution >= 0.6 is 0 Å². The average molecular weight is 652 g/mol. The zero-order chi connectivity index (χ0) is 33.6. The number of carbonyl (C=O) groups is 5. The zero-order valence-electron chi connectivity index (χ0n) is 26.9. The number of amides is 3. The van der Waals surface area contributed by atoms with E-state index in [-0.39, 0.29) is 39.4 Å². The van der Waals surface area contributed by atoms with Crippen molar-refractivity contribution in [3.8, 4) is 0 Å². The number of benzene rings is 2. The lowest BCUT2D eigenvalue weighted by Crippen LogP contribution is -2.52. The van der Waals surface area contributed by atoms with Crippen molar-refractivity contribution in [2.24, 2.45) is 11.3 Å². The number of esters is 1. The van der Waals surface area contributed by atoms with Crippen LogP contribution in [-0.4, -0.2) is 78.2 Å². The summed E-state index contributed by atoms with van der Waals surface area (Å²) in [6.45, 7) is 2.14. The van der Waals surface area contributed by atoms with Crippen LogP contribution < -0.4 is 10.6 Å². The van der Waals surface area contributed by atoms with Crippen molar-refractivity contribution in [1.82, 2.24) is 15.5 Å². The Morgan fingerprint density at radius 2 is 1.55 bits per heavy atom. The summed E-state index contributed by atoms with van der Waals surface area (Å²) in [6, 6.07) is 16.8. The molecule has 3 N–H and O–H groups in total. The van der Waals surface area contributed by atoms with Crippen LogP contribution in [0.3, 0.4) is 0 Å². The van der Waals surface area contributed by atoms with Crippen LogP contribution in [0.4, 0.5) is 4.79 Å². The van der Waals surface area contributed by atoms with Gasteiger partial charge in [0.05, 0.1) is 31.2 Å². The van der Waals surface area contributed by atoms with E-state index in [0.29, 0.717) is 32.2 Å². The standard InChI is InChI=1S/C35H45N3O9/c1-2-46-32(42)28(24-45-22-25-12-5-3-6-13-25)37-33(43)35(17-9-10-18-35)20-27(31(40)41)21-36-30(39)29-16-11-19-38(29)34(44)47-23-26-14-7-4-8-15-26/h3-8,12-15,27-29H,2,9-11,16-24H2,1H3,(H,36,39)(H,37,43)(H,40,41)/t27-,28-,29-/m0/s1. The van der Waals surface area contributed by atoms with Gasteiger partial charge in [0.2, 0.25) is 11.8 Å². The van der Waals surface area contributed by atoms with E-state index in [0.717, 1.165) is 24.0 Å². The van der Waals surface area contributed by atoms with E-state index in [9.17, 15) is 29.1 Å². The summed E-state index contributed by atoms with van der Waals surface area (Å²) >= 11 is 0. The number of nitrogens with one attached hydrogen (secondary N) is 2. The van der Waals surface area contributed by atoms with Crippen molar-refractivity contribution >= 4 is 29.8 Å². The number of aliphatic carboxylic acids is 1. The lowest BCUT2D eigenvalue weighted by molar-refractivity contribution is -0.152. The lowest BCUT2D eigenvalue weighted by atomic mass is 9.76. The maximum Gasteiger partial charge on any atom is 0.410 e. The summed E-state index contributed by atoms with van der Waals surface area (Å²) in [5.41, 5.74) is 0.687. The monoisotopic (exact) mass is 651 g/mol. The fraction of sp³-hybridized carbons (Fsp3) is 0.514. The molecule has 2 fully saturated rings. The second-order valence-electron chi connectivity index (χ2n) is 12.1. The fourth-order valence-corrected chi connectivity index (χ4v) is 6.29. The van der Waals surface area contributed by atoms with Gasteiger partial charge in [-0.05, 0) is 50.2 Å². The molecule has 0 radical (unpaired) electrons. The summed E-state index contributed by atoms with van der Waals surface area (Å²) in [6.07, 6.45) is 2.75. The SMILES string of the molecule is CCOC(=O)[C@H](COCc1ccccc1)NC(=O)C1(C[C@@H](CNC(=O)[C@@H]2CCCN2C(=O)OCc2ccccc2)C(=O)O)CCCC1. The Bertz CT molecular complexity index is 1350. The molecule has 1 saturated heterocycles. The molecule has 0 spiro atoms. The van der Waals surface area contributed by atoms with Crippen LogP contribution in [-0.2, 0) is 46.6 Å². The molecule has 2 aliphatic rings. The topological polar surface area (TPSA) is 161 Å². The third-order valence-corrected chi connectivity index (χ3v) is 8.82. The van der Waals surface area contributed by atoms with Crippen LogP contribution in [0.25, 0.3) is 0 Å². The quantitative estimate of drug-likeness (QED) is 0.229. The molecule has 12 nitrogen and oxygen atoms in total. The molecule has 3 atom stereocenters. The van der Waals surface area contributed by atoms with E-state index in [4.69, 9.17) is 14.2 Å². The number of hydrogen-bond donors (Lipinski definition) is 3. The molecule has 254 valence electrons. The first kappa shape index (κ1) is 35.4. The highest BCUT2D eigenvalue weighted by atomic mass is 16.6. The van der Waals surface area contributed by atoms with Gasteiger partial charge in [0, 0.05) is 13.1 Å². The van der Waals surface area contributed by atoms with Gasteiger partial charge in [0.25, 0.3) is 0 Å². The molecule has 12 heteroatoms. The molecule has 2 aromatic carbocycles. The third kappa shape index (κ3) is 10.0. The van der Waals surface area contributed by atoms with E-state index in [2.05, 4.69) is 10.6 Å². The average Bonchev–Trinajstić information content (AvgIpc) is 3.77. The van der Waals surface area contributed by atoms with Gasteiger partial charge in [-0.15, -0.1) is 0 Å². The summed E-state index contributed by atoms with van der Waals surface area (Å²) in [5, 5.41) is 15.6. The Kier molecular flexibility index (Phi) is 13.2. The van der Waals surface area contributed by atoms with Gasteiger partial charge in [-0.3, -0.25) is 19.3 Å². The third-order valence-electron chi connectivity index (χ3n) is 8.82. The van der Waals surface area contributed by atoms with Crippen molar-refractivity contribution in [3.63, 3.8) is 0 Å². The zero-order valence-corrected chi connectivity index (χ0v) is 26.9. The highest BCUT2D eigenvalue weighted by molar-refractivity contribution is 5.89. The van der Waals surface area contributed by atoms with Gasteiger partial charge in [-0.2, -0.15) is 0 Å². The maximum atomic E-state index is 13.8. The van der Waals surface area contributed by atoms with Crippen LogP contribution in [0, 0.1) is 11.3 Å². The van der Waals surface area contributed by atoms with Crippen molar-refractivity contribution in [2.45, 2.75) is 77.2 Å². The van der Waals surface area contributed by atoms with E-state index < -0.39 is 53.3 Å². The minimum Gasteiger partial charge on any atom is -0.481 e. The number of rotatable bonds is 16. The smallest absolute Gasteiger partial charge is 0.410 e. The van der Waals surface area contributed by atoms with Gasteiger partial charge in [-0.1, -0.05) is 73.5 Å². The van der Waals surface area contributed by atoms with E-state index in [1.165, 1.54) is 4.90 Å². The molecule has 47 heavy (non-hydrogen) atoms. The Labute approximate surface area is 275 Å². The normalized spacial score (nSPS) is 18.1. The lowest BCUT2D eigenvalue weighted by Gasteiger charge is -2.32. The number of hydrogen-bond acceptors (Lipinski definition) is 8. The Morgan fingerprint density at radius 3 is 2.17 bits per heavy atom. The number of carboxylic acids is 1. The van der Waals surface area contributed by atoms with Crippen molar-refractivity contribution < 1.29 is 43.3 Å². The summed E-state index contributed by atoms with van der Waals surface area (Å²) in [5.74, 6) is -3.75. The Balaban J connectivity index is 1.35. The molecule has 4 rings (SSSR count). The molecule has 0 bridgehead atoms. The van der Waals surface area contributed by atoms with Gasteiger partial charge >= 0.3 is 18.0 Å². The van der Waals surface area contributed by atoms with E-state index in [1.54, 1.807) is 6.92 Å². The number of likely N-dealkylation sites (tertiary alicyclic amines) is 1. The van der Waals surface area contributed by atoms with E-state index in [1.807, 2.05) is 60.7 Å². The van der Waals surface area contributed by atoms with Crippen LogP contribution in [0.2, 0.25) is 0 Å². The van der Waals surface area contributed by atoms with Gasteiger partial charge in [0.15, 0.2) is 6.04 Å². The molecule has 1 saturated carbocycles. The maximum absolute atomic E-state index is 13.8. The first-order valence-electron chi connectivity index (χ1n) is 16.3. The molecule has 2 aromatic rings. The Hall–Kier alpha value is -4.45. The second kappa shape index (κ2) is 17.5.